The molecule has 2 aromatic rings. The van der Waals surface area contributed by atoms with E-state index in [0.717, 1.165) is 31.2 Å². The number of likely N-dealkylation sites (tertiary alicyclic amines) is 1. The van der Waals surface area contributed by atoms with E-state index in [1.54, 1.807) is 31.2 Å². The van der Waals surface area contributed by atoms with E-state index < -0.39 is 6.10 Å². The lowest BCUT2D eigenvalue weighted by molar-refractivity contribution is -0.122. The Bertz CT molecular complexity index is 744. The normalized spacial score (nSPS) is 17.0. The number of amides is 1. The first-order valence-corrected chi connectivity index (χ1v) is 10.1. The number of thiazole rings is 1. The zero-order valence-corrected chi connectivity index (χ0v) is 16.6. The lowest BCUT2D eigenvalue weighted by Gasteiger charge is -2.29. The number of carbonyl (C=O) groups excluding carboxylic acids is 1. The van der Waals surface area contributed by atoms with Crippen molar-refractivity contribution in [2.75, 3.05) is 18.4 Å². The van der Waals surface area contributed by atoms with Crippen LogP contribution in [0.4, 0.5) is 5.13 Å². The molecule has 7 heteroatoms. The average Bonchev–Trinajstić information content (AvgIpc) is 3.04. The van der Waals surface area contributed by atoms with E-state index in [1.807, 2.05) is 5.38 Å². The first kappa shape index (κ1) is 19.1. The van der Waals surface area contributed by atoms with Gasteiger partial charge in [-0.05, 0) is 57.0 Å². The van der Waals surface area contributed by atoms with Gasteiger partial charge in [-0.2, -0.15) is 0 Å². The lowest BCUT2D eigenvalue weighted by atomic mass is 9.99. The van der Waals surface area contributed by atoms with Crippen molar-refractivity contribution >= 4 is 34.0 Å². The molecule has 0 saturated carbocycles. The topological polar surface area (TPSA) is 54.5 Å². The maximum Gasteiger partial charge on any atom is 0.266 e. The standard InChI is InChI=1S/C19H24ClN3O2S/c1-13-6-8-23(9-7-13)11-16-12-26-19(21-16)22-18(24)14(2)25-17-5-3-4-15(20)10-17/h3-5,10,12-14H,6-9,11H2,1-2H3,(H,21,22,24). The lowest BCUT2D eigenvalue weighted by Crippen LogP contribution is -2.32. The maximum atomic E-state index is 12.3. The molecule has 0 spiro atoms. The Morgan fingerprint density at radius 2 is 2.23 bits per heavy atom. The molecule has 0 bridgehead atoms. The third kappa shape index (κ3) is 5.43. The quantitative estimate of drug-likeness (QED) is 0.788. The molecule has 1 fully saturated rings. The van der Waals surface area contributed by atoms with Crippen LogP contribution in [0.2, 0.25) is 5.02 Å². The number of aromatic nitrogens is 1. The summed E-state index contributed by atoms with van der Waals surface area (Å²) in [6.45, 7) is 7.09. The molecule has 1 aliphatic heterocycles. The highest BCUT2D eigenvalue weighted by atomic mass is 35.5. The van der Waals surface area contributed by atoms with Crippen molar-refractivity contribution in [3.63, 3.8) is 0 Å². The molecule has 2 heterocycles. The molecule has 0 radical (unpaired) electrons. The molecule has 1 saturated heterocycles. The number of halogens is 1. The summed E-state index contributed by atoms with van der Waals surface area (Å²) >= 11 is 7.38. The largest absolute Gasteiger partial charge is 0.481 e. The van der Waals surface area contributed by atoms with E-state index in [2.05, 4.69) is 22.1 Å². The van der Waals surface area contributed by atoms with Gasteiger partial charge in [-0.25, -0.2) is 4.98 Å². The molecular weight excluding hydrogens is 370 g/mol. The number of piperidine rings is 1. The minimum Gasteiger partial charge on any atom is -0.481 e. The summed E-state index contributed by atoms with van der Waals surface area (Å²) in [5.74, 6) is 1.16. The molecule has 1 amide bonds. The van der Waals surface area contributed by atoms with E-state index in [4.69, 9.17) is 16.3 Å². The fraction of sp³-hybridized carbons (Fsp3) is 0.474. The molecule has 140 valence electrons. The SMILES string of the molecule is CC1CCN(Cc2csc(NC(=O)C(C)Oc3cccc(Cl)c3)n2)CC1. The van der Waals surface area contributed by atoms with Crippen molar-refractivity contribution in [2.45, 2.75) is 39.3 Å². The Morgan fingerprint density at radius 1 is 1.46 bits per heavy atom. The van der Waals surface area contributed by atoms with Crippen LogP contribution in [0.25, 0.3) is 0 Å². The van der Waals surface area contributed by atoms with E-state index in [0.29, 0.717) is 15.9 Å². The van der Waals surface area contributed by atoms with Crippen LogP contribution in [0.5, 0.6) is 5.75 Å². The summed E-state index contributed by atoms with van der Waals surface area (Å²) in [4.78, 5) is 19.3. The van der Waals surface area contributed by atoms with Crippen molar-refractivity contribution in [1.82, 2.24) is 9.88 Å². The minimum atomic E-state index is -0.635. The Balaban J connectivity index is 1.50. The fourth-order valence-corrected chi connectivity index (χ4v) is 3.78. The first-order valence-electron chi connectivity index (χ1n) is 8.89. The highest BCUT2D eigenvalue weighted by Gasteiger charge is 2.19. The average molecular weight is 394 g/mol. The number of nitrogens with one attached hydrogen (secondary N) is 1. The van der Waals surface area contributed by atoms with E-state index in [9.17, 15) is 4.79 Å². The predicted octanol–water partition coefficient (Wildman–Crippen LogP) is 4.43. The highest BCUT2D eigenvalue weighted by molar-refractivity contribution is 7.13. The number of anilines is 1. The van der Waals surface area contributed by atoms with Gasteiger partial charge in [-0.3, -0.25) is 15.0 Å². The number of carbonyl (C=O) groups is 1. The highest BCUT2D eigenvalue weighted by Crippen LogP contribution is 2.22. The zero-order chi connectivity index (χ0) is 18.5. The molecular formula is C19H24ClN3O2S. The third-order valence-electron chi connectivity index (χ3n) is 4.52. The summed E-state index contributed by atoms with van der Waals surface area (Å²) in [5.41, 5.74) is 1.00. The fourth-order valence-electron chi connectivity index (χ4n) is 2.89. The summed E-state index contributed by atoms with van der Waals surface area (Å²) in [6, 6.07) is 7.01. The Hall–Kier alpha value is -1.63. The number of hydrogen-bond acceptors (Lipinski definition) is 5. The summed E-state index contributed by atoms with van der Waals surface area (Å²) in [7, 11) is 0. The Morgan fingerprint density at radius 3 is 2.96 bits per heavy atom. The van der Waals surface area contributed by atoms with Gasteiger partial charge in [0.2, 0.25) is 0 Å². The van der Waals surface area contributed by atoms with Crippen molar-refractivity contribution in [3.8, 4) is 5.75 Å². The van der Waals surface area contributed by atoms with Gasteiger partial charge in [-0.15, -0.1) is 11.3 Å². The summed E-state index contributed by atoms with van der Waals surface area (Å²) < 4.78 is 5.64. The second-order valence-electron chi connectivity index (χ2n) is 6.81. The minimum absolute atomic E-state index is 0.224. The maximum absolute atomic E-state index is 12.3. The Kier molecular flexibility index (Phi) is 6.51. The summed E-state index contributed by atoms with van der Waals surface area (Å²) in [5, 5.41) is 6.03. The summed E-state index contributed by atoms with van der Waals surface area (Å²) in [6.07, 6.45) is 1.85. The van der Waals surface area contributed by atoms with Crippen molar-refractivity contribution in [1.29, 1.82) is 0 Å². The molecule has 5 nitrogen and oxygen atoms in total. The second kappa shape index (κ2) is 8.84. The van der Waals surface area contributed by atoms with Gasteiger partial charge in [-0.1, -0.05) is 24.6 Å². The van der Waals surface area contributed by atoms with Gasteiger partial charge in [0.1, 0.15) is 5.75 Å². The third-order valence-corrected chi connectivity index (χ3v) is 5.56. The van der Waals surface area contributed by atoms with Crippen LogP contribution in [0.15, 0.2) is 29.6 Å². The van der Waals surface area contributed by atoms with Gasteiger partial charge >= 0.3 is 0 Å². The van der Waals surface area contributed by atoms with Crippen molar-refractivity contribution < 1.29 is 9.53 Å². The van der Waals surface area contributed by atoms with E-state index in [-0.39, 0.29) is 5.91 Å². The van der Waals surface area contributed by atoms with Gasteiger partial charge in [0.15, 0.2) is 11.2 Å². The smallest absolute Gasteiger partial charge is 0.266 e. The van der Waals surface area contributed by atoms with Gasteiger partial charge in [0.05, 0.1) is 5.69 Å². The van der Waals surface area contributed by atoms with Crippen LogP contribution < -0.4 is 10.1 Å². The van der Waals surface area contributed by atoms with Crippen molar-refractivity contribution in [3.05, 3.63) is 40.4 Å². The Labute approximate surface area is 163 Å². The van der Waals surface area contributed by atoms with Crippen LogP contribution in [-0.4, -0.2) is 35.0 Å². The molecule has 3 rings (SSSR count). The van der Waals surface area contributed by atoms with Crippen LogP contribution in [0.1, 0.15) is 32.4 Å². The molecule has 26 heavy (non-hydrogen) atoms. The van der Waals surface area contributed by atoms with E-state index in [1.165, 1.54) is 24.2 Å². The van der Waals surface area contributed by atoms with Gasteiger partial charge in [0, 0.05) is 16.9 Å². The molecule has 1 N–H and O–H groups in total. The first-order chi connectivity index (χ1) is 12.5. The van der Waals surface area contributed by atoms with Gasteiger partial charge in [0.25, 0.3) is 5.91 Å². The zero-order valence-electron chi connectivity index (χ0n) is 15.1. The number of benzene rings is 1. The number of nitrogens with zero attached hydrogens (tertiary/aromatic N) is 2. The van der Waals surface area contributed by atoms with Crippen LogP contribution in [0, 0.1) is 5.92 Å². The van der Waals surface area contributed by atoms with Crippen LogP contribution in [0.3, 0.4) is 0 Å². The van der Waals surface area contributed by atoms with Gasteiger partial charge < -0.3 is 4.74 Å². The second-order valence-corrected chi connectivity index (χ2v) is 8.10. The van der Waals surface area contributed by atoms with E-state index >= 15 is 0 Å². The number of rotatable bonds is 6. The number of hydrogen-bond donors (Lipinski definition) is 1. The molecule has 1 aromatic heterocycles. The molecule has 1 aromatic carbocycles. The molecule has 1 aliphatic rings. The number of ether oxygens (including phenoxy) is 1. The van der Waals surface area contributed by atoms with Crippen LogP contribution in [-0.2, 0) is 11.3 Å². The molecule has 1 unspecified atom stereocenters. The van der Waals surface area contributed by atoms with Crippen LogP contribution >= 0.6 is 22.9 Å². The monoisotopic (exact) mass is 393 g/mol. The molecule has 1 atom stereocenters. The molecule has 0 aliphatic carbocycles. The van der Waals surface area contributed by atoms with Crippen molar-refractivity contribution in [2.24, 2.45) is 5.92 Å². The predicted molar refractivity (Wildman–Crippen MR) is 106 cm³/mol.